The lowest BCUT2D eigenvalue weighted by Gasteiger charge is -2.06. The molecule has 2 rings (SSSR count). The van der Waals surface area contributed by atoms with Gasteiger partial charge in [-0.05, 0) is 26.0 Å². The summed E-state index contributed by atoms with van der Waals surface area (Å²) in [6.45, 7) is 3.91. The number of methoxy groups -OCH3 is 1. The Kier molecular flexibility index (Phi) is 5.49. The van der Waals surface area contributed by atoms with E-state index in [0.29, 0.717) is 5.13 Å². The van der Waals surface area contributed by atoms with E-state index in [9.17, 15) is 4.79 Å². The molecule has 0 radical (unpaired) electrons. The largest absolute Gasteiger partial charge is 0.496 e. The van der Waals surface area contributed by atoms with Gasteiger partial charge in [-0.3, -0.25) is 10.1 Å². The molecule has 4 nitrogen and oxygen atoms in total. The first-order chi connectivity index (χ1) is 10.6. The van der Waals surface area contributed by atoms with Crippen molar-refractivity contribution in [2.75, 3.05) is 12.4 Å². The Bertz CT molecular complexity index is 717. The molecule has 1 aromatic heterocycles. The van der Waals surface area contributed by atoms with Crippen LogP contribution in [0.2, 0.25) is 0 Å². The van der Waals surface area contributed by atoms with E-state index in [4.69, 9.17) is 4.74 Å². The van der Waals surface area contributed by atoms with Crippen molar-refractivity contribution in [3.63, 3.8) is 0 Å². The van der Waals surface area contributed by atoms with Crippen molar-refractivity contribution >= 4 is 22.4 Å². The van der Waals surface area contributed by atoms with Crippen molar-refractivity contribution in [1.82, 2.24) is 4.98 Å². The number of rotatable bonds is 5. The molecule has 0 aliphatic heterocycles. The summed E-state index contributed by atoms with van der Waals surface area (Å²) >= 11 is 1.39. The zero-order valence-corrected chi connectivity index (χ0v) is 13.6. The number of benzene rings is 1. The third kappa shape index (κ3) is 4.05. The molecular formula is C17H18N2O2S. The Morgan fingerprint density at radius 3 is 2.91 bits per heavy atom. The zero-order valence-electron chi connectivity index (χ0n) is 12.8. The second-order valence-corrected chi connectivity index (χ2v) is 5.47. The van der Waals surface area contributed by atoms with Gasteiger partial charge in [-0.1, -0.05) is 29.9 Å². The quantitative estimate of drug-likeness (QED) is 0.665. The molecule has 1 heterocycles. The standard InChI is InChI=1S/C17H18N2O2S/c1-4-5-6-7-16(20)19-17-18-14(11-22-17)13-10-12(2)8-9-15(13)21-3/h4-11H,1-3H3,(H,18,19,20)/b5-4+,7-6+. The number of hydrogen-bond acceptors (Lipinski definition) is 4. The molecule has 0 saturated heterocycles. The second kappa shape index (κ2) is 7.56. The van der Waals surface area contributed by atoms with Crippen molar-refractivity contribution in [1.29, 1.82) is 0 Å². The number of allylic oxidation sites excluding steroid dienone is 3. The average Bonchev–Trinajstić information content (AvgIpc) is 2.95. The van der Waals surface area contributed by atoms with Crippen molar-refractivity contribution in [2.45, 2.75) is 13.8 Å². The number of hydrogen-bond donors (Lipinski definition) is 1. The molecule has 0 bridgehead atoms. The Hall–Kier alpha value is -2.40. The van der Waals surface area contributed by atoms with Gasteiger partial charge in [0, 0.05) is 17.0 Å². The number of ether oxygens (including phenoxy) is 1. The Morgan fingerprint density at radius 1 is 1.36 bits per heavy atom. The molecule has 2 aromatic rings. The molecule has 22 heavy (non-hydrogen) atoms. The molecule has 1 aromatic carbocycles. The van der Waals surface area contributed by atoms with Crippen LogP contribution in [0.4, 0.5) is 5.13 Å². The van der Waals surface area contributed by atoms with Crippen LogP contribution >= 0.6 is 11.3 Å². The smallest absolute Gasteiger partial charge is 0.250 e. The first-order valence-corrected chi connectivity index (χ1v) is 7.73. The fourth-order valence-electron chi connectivity index (χ4n) is 1.88. The first-order valence-electron chi connectivity index (χ1n) is 6.85. The van der Waals surface area contributed by atoms with Crippen LogP contribution in [-0.4, -0.2) is 18.0 Å². The minimum absolute atomic E-state index is 0.199. The molecule has 0 unspecified atom stereocenters. The van der Waals surface area contributed by atoms with E-state index in [2.05, 4.69) is 10.3 Å². The molecular weight excluding hydrogens is 296 g/mol. The Balaban J connectivity index is 2.18. The van der Waals surface area contributed by atoms with Gasteiger partial charge in [-0.25, -0.2) is 4.98 Å². The summed E-state index contributed by atoms with van der Waals surface area (Å²) in [4.78, 5) is 16.2. The number of carbonyl (C=O) groups excluding carboxylic acids is 1. The van der Waals surface area contributed by atoms with Gasteiger partial charge >= 0.3 is 0 Å². The topological polar surface area (TPSA) is 51.2 Å². The van der Waals surface area contributed by atoms with Crippen LogP contribution in [0.5, 0.6) is 5.75 Å². The predicted molar refractivity (Wildman–Crippen MR) is 91.4 cm³/mol. The normalized spacial score (nSPS) is 11.2. The maximum Gasteiger partial charge on any atom is 0.250 e. The molecule has 5 heteroatoms. The number of nitrogens with zero attached hydrogens (tertiary/aromatic N) is 1. The van der Waals surface area contributed by atoms with Crippen LogP contribution in [0, 0.1) is 6.92 Å². The van der Waals surface area contributed by atoms with Crippen molar-refractivity contribution in [2.24, 2.45) is 0 Å². The lowest BCUT2D eigenvalue weighted by molar-refractivity contribution is -0.111. The van der Waals surface area contributed by atoms with Crippen LogP contribution in [-0.2, 0) is 4.79 Å². The van der Waals surface area contributed by atoms with Gasteiger partial charge in [0.15, 0.2) is 5.13 Å². The van der Waals surface area contributed by atoms with E-state index in [1.165, 1.54) is 17.4 Å². The van der Waals surface area contributed by atoms with Gasteiger partial charge in [-0.2, -0.15) is 0 Å². The van der Waals surface area contributed by atoms with Gasteiger partial charge in [0.05, 0.1) is 12.8 Å². The Morgan fingerprint density at radius 2 is 2.18 bits per heavy atom. The van der Waals surface area contributed by atoms with Crippen LogP contribution < -0.4 is 10.1 Å². The third-order valence-electron chi connectivity index (χ3n) is 2.92. The van der Waals surface area contributed by atoms with Gasteiger partial charge in [0.1, 0.15) is 5.75 Å². The lowest BCUT2D eigenvalue weighted by atomic mass is 10.1. The molecule has 0 atom stereocenters. The van der Waals surface area contributed by atoms with E-state index >= 15 is 0 Å². The average molecular weight is 314 g/mol. The summed E-state index contributed by atoms with van der Waals surface area (Å²) in [5.41, 5.74) is 2.84. The fraction of sp³-hybridized carbons (Fsp3) is 0.176. The minimum atomic E-state index is -0.199. The zero-order chi connectivity index (χ0) is 15.9. The number of anilines is 1. The highest BCUT2D eigenvalue weighted by Crippen LogP contribution is 2.32. The highest BCUT2D eigenvalue weighted by atomic mass is 32.1. The number of amides is 1. The maximum absolute atomic E-state index is 11.7. The van der Waals surface area contributed by atoms with E-state index in [1.807, 2.05) is 43.5 Å². The van der Waals surface area contributed by atoms with Crippen LogP contribution in [0.25, 0.3) is 11.3 Å². The fourth-order valence-corrected chi connectivity index (χ4v) is 2.59. The van der Waals surface area contributed by atoms with Gasteiger partial charge < -0.3 is 4.74 Å². The predicted octanol–water partition coefficient (Wildman–Crippen LogP) is 4.20. The Labute approximate surface area is 134 Å². The lowest BCUT2D eigenvalue weighted by Crippen LogP contribution is -2.07. The molecule has 0 saturated carbocycles. The van der Waals surface area contributed by atoms with E-state index in [0.717, 1.165) is 22.6 Å². The number of aryl methyl sites for hydroxylation is 1. The summed E-state index contributed by atoms with van der Waals surface area (Å²) in [6.07, 6.45) is 6.81. The summed E-state index contributed by atoms with van der Waals surface area (Å²) < 4.78 is 5.37. The van der Waals surface area contributed by atoms with Gasteiger partial charge in [-0.15, -0.1) is 11.3 Å². The summed E-state index contributed by atoms with van der Waals surface area (Å²) in [5, 5.41) is 5.22. The molecule has 0 aliphatic rings. The van der Waals surface area contributed by atoms with E-state index in [-0.39, 0.29) is 5.91 Å². The van der Waals surface area contributed by atoms with Crippen molar-refractivity contribution in [3.8, 4) is 17.0 Å². The van der Waals surface area contributed by atoms with Gasteiger partial charge in [0.2, 0.25) is 5.91 Å². The minimum Gasteiger partial charge on any atom is -0.496 e. The van der Waals surface area contributed by atoms with Crippen molar-refractivity contribution in [3.05, 3.63) is 53.4 Å². The number of nitrogens with one attached hydrogen (secondary N) is 1. The van der Waals surface area contributed by atoms with E-state index < -0.39 is 0 Å². The van der Waals surface area contributed by atoms with E-state index in [1.54, 1.807) is 19.3 Å². The summed E-state index contributed by atoms with van der Waals surface area (Å²) in [6, 6.07) is 5.93. The summed E-state index contributed by atoms with van der Waals surface area (Å²) in [7, 11) is 1.63. The molecule has 0 spiro atoms. The first kappa shape index (κ1) is 16.0. The highest BCUT2D eigenvalue weighted by Gasteiger charge is 2.11. The number of thiazole rings is 1. The van der Waals surface area contributed by atoms with Crippen LogP contribution in [0.3, 0.4) is 0 Å². The third-order valence-corrected chi connectivity index (χ3v) is 3.67. The second-order valence-electron chi connectivity index (χ2n) is 4.62. The molecule has 0 aliphatic carbocycles. The SMILES string of the molecule is C/C=C/C=C/C(=O)Nc1nc(-c2cc(C)ccc2OC)cs1. The van der Waals surface area contributed by atoms with Crippen molar-refractivity contribution < 1.29 is 9.53 Å². The monoisotopic (exact) mass is 314 g/mol. The van der Waals surface area contributed by atoms with Gasteiger partial charge in [0.25, 0.3) is 0 Å². The number of aromatic nitrogens is 1. The number of carbonyl (C=O) groups is 1. The van der Waals surface area contributed by atoms with Crippen LogP contribution in [0.15, 0.2) is 47.9 Å². The summed E-state index contributed by atoms with van der Waals surface area (Å²) in [5.74, 6) is 0.567. The highest BCUT2D eigenvalue weighted by molar-refractivity contribution is 7.14. The van der Waals surface area contributed by atoms with Crippen LogP contribution in [0.1, 0.15) is 12.5 Å². The maximum atomic E-state index is 11.7. The molecule has 1 amide bonds. The molecule has 0 fully saturated rings. The molecule has 1 N–H and O–H groups in total. The molecule has 114 valence electrons.